The standard InChI is InChI=1S/C11H14ClNO3S/c1-9(8-14)13-17(15,16)7-6-10-2-4-11(12)5-3-10/h2-7,9,13-14H,8H2,1H3/t9-/m1/s1. The zero-order chi connectivity index (χ0) is 12.9. The van der Waals surface area contributed by atoms with Crippen LogP contribution in [0.4, 0.5) is 0 Å². The SMILES string of the molecule is C[C@H](CO)NS(=O)(=O)C=Cc1ccc(Cl)cc1. The van der Waals surface area contributed by atoms with Crippen LogP contribution in [-0.2, 0) is 10.0 Å². The van der Waals surface area contributed by atoms with E-state index in [1.807, 2.05) is 0 Å². The van der Waals surface area contributed by atoms with E-state index in [9.17, 15) is 8.42 Å². The minimum absolute atomic E-state index is 0.242. The summed E-state index contributed by atoms with van der Waals surface area (Å²) in [6.45, 7) is 1.34. The molecule has 0 bridgehead atoms. The molecule has 0 spiro atoms. The first-order chi connectivity index (χ1) is 7.93. The molecule has 0 aliphatic heterocycles. The number of nitrogens with one attached hydrogen (secondary N) is 1. The van der Waals surface area contributed by atoms with Gasteiger partial charge in [-0.15, -0.1) is 0 Å². The molecule has 0 amide bonds. The monoisotopic (exact) mass is 275 g/mol. The molecule has 1 aromatic rings. The Morgan fingerprint density at radius 3 is 2.53 bits per heavy atom. The number of rotatable bonds is 5. The molecule has 0 unspecified atom stereocenters. The number of aliphatic hydroxyl groups excluding tert-OH is 1. The maximum Gasteiger partial charge on any atom is 0.234 e. The van der Waals surface area contributed by atoms with Gasteiger partial charge in [0.1, 0.15) is 0 Å². The number of halogens is 1. The largest absolute Gasteiger partial charge is 0.395 e. The Kier molecular flexibility index (Phi) is 5.14. The summed E-state index contributed by atoms with van der Waals surface area (Å²) in [4.78, 5) is 0. The fourth-order valence-electron chi connectivity index (χ4n) is 1.10. The smallest absolute Gasteiger partial charge is 0.234 e. The molecule has 94 valence electrons. The van der Waals surface area contributed by atoms with Gasteiger partial charge in [0, 0.05) is 16.5 Å². The molecule has 0 saturated carbocycles. The molecule has 1 aromatic carbocycles. The molecule has 0 fully saturated rings. The van der Waals surface area contributed by atoms with Crippen molar-refractivity contribution in [2.75, 3.05) is 6.61 Å². The normalized spacial score (nSPS) is 14.1. The predicted molar refractivity (Wildman–Crippen MR) is 69.1 cm³/mol. The summed E-state index contributed by atoms with van der Waals surface area (Å²) in [5.74, 6) is 0. The lowest BCUT2D eigenvalue weighted by Crippen LogP contribution is -2.33. The quantitative estimate of drug-likeness (QED) is 0.858. The van der Waals surface area contributed by atoms with E-state index >= 15 is 0 Å². The van der Waals surface area contributed by atoms with Crippen LogP contribution in [0.25, 0.3) is 6.08 Å². The lowest BCUT2D eigenvalue weighted by atomic mass is 10.2. The molecular weight excluding hydrogens is 262 g/mol. The fraction of sp³-hybridized carbons (Fsp3) is 0.273. The van der Waals surface area contributed by atoms with E-state index in [0.717, 1.165) is 11.0 Å². The van der Waals surface area contributed by atoms with Crippen LogP contribution in [0.2, 0.25) is 5.02 Å². The van der Waals surface area contributed by atoms with Gasteiger partial charge < -0.3 is 5.11 Å². The predicted octanol–water partition coefficient (Wildman–Crippen LogP) is 1.61. The molecule has 4 nitrogen and oxygen atoms in total. The van der Waals surface area contributed by atoms with Gasteiger partial charge in [-0.25, -0.2) is 13.1 Å². The maximum absolute atomic E-state index is 11.5. The van der Waals surface area contributed by atoms with Crippen LogP contribution < -0.4 is 4.72 Å². The highest BCUT2D eigenvalue weighted by molar-refractivity contribution is 7.92. The van der Waals surface area contributed by atoms with Gasteiger partial charge in [0.15, 0.2) is 0 Å². The van der Waals surface area contributed by atoms with Crippen LogP contribution in [0.15, 0.2) is 29.7 Å². The van der Waals surface area contributed by atoms with Gasteiger partial charge in [-0.05, 0) is 30.7 Å². The maximum atomic E-state index is 11.5. The Bertz CT molecular complexity index is 482. The zero-order valence-electron chi connectivity index (χ0n) is 9.30. The van der Waals surface area contributed by atoms with Gasteiger partial charge in [0.05, 0.1) is 6.61 Å². The number of aliphatic hydroxyl groups is 1. The first kappa shape index (κ1) is 14.2. The highest BCUT2D eigenvalue weighted by atomic mass is 35.5. The van der Waals surface area contributed by atoms with Crippen molar-refractivity contribution in [3.8, 4) is 0 Å². The first-order valence-corrected chi connectivity index (χ1v) is 6.92. The van der Waals surface area contributed by atoms with Crippen LogP contribution in [0.3, 0.4) is 0 Å². The van der Waals surface area contributed by atoms with Crippen LogP contribution in [0.1, 0.15) is 12.5 Å². The number of hydrogen-bond donors (Lipinski definition) is 2. The molecule has 6 heteroatoms. The van der Waals surface area contributed by atoms with Gasteiger partial charge in [-0.2, -0.15) is 0 Å². The number of sulfonamides is 1. The molecule has 0 radical (unpaired) electrons. The second-order valence-corrected chi connectivity index (χ2v) is 5.64. The molecule has 2 N–H and O–H groups in total. The Labute approximate surface area is 106 Å². The van der Waals surface area contributed by atoms with Crippen LogP contribution in [-0.4, -0.2) is 26.2 Å². The third kappa shape index (κ3) is 5.32. The number of hydrogen-bond acceptors (Lipinski definition) is 3. The van der Waals surface area contributed by atoms with Crippen molar-refractivity contribution in [3.05, 3.63) is 40.3 Å². The summed E-state index contributed by atoms with van der Waals surface area (Å²) in [7, 11) is -3.52. The molecule has 17 heavy (non-hydrogen) atoms. The van der Waals surface area contributed by atoms with Gasteiger partial charge in [0.25, 0.3) is 0 Å². The third-order valence-electron chi connectivity index (χ3n) is 1.95. The highest BCUT2D eigenvalue weighted by Gasteiger charge is 2.09. The summed E-state index contributed by atoms with van der Waals surface area (Å²) in [6, 6.07) is 6.28. The fourth-order valence-corrected chi connectivity index (χ4v) is 2.28. The van der Waals surface area contributed by atoms with Gasteiger partial charge in [-0.3, -0.25) is 0 Å². The lowest BCUT2D eigenvalue weighted by molar-refractivity contribution is 0.265. The van der Waals surface area contributed by atoms with Crippen molar-refractivity contribution < 1.29 is 13.5 Å². The van der Waals surface area contributed by atoms with Crippen molar-refractivity contribution in [2.24, 2.45) is 0 Å². The minimum Gasteiger partial charge on any atom is -0.395 e. The van der Waals surface area contributed by atoms with Crippen molar-refractivity contribution in [1.82, 2.24) is 4.72 Å². The first-order valence-electron chi connectivity index (χ1n) is 5.00. The van der Waals surface area contributed by atoms with Gasteiger partial charge in [-0.1, -0.05) is 23.7 Å². The average molecular weight is 276 g/mol. The average Bonchev–Trinajstić information content (AvgIpc) is 2.28. The van der Waals surface area contributed by atoms with Gasteiger partial charge >= 0.3 is 0 Å². The summed E-state index contributed by atoms with van der Waals surface area (Å²) in [6.07, 6.45) is 1.46. The zero-order valence-corrected chi connectivity index (χ0v) is 10.9. The minimum atomic E-state index is -3.52. The van der Waals surface area contributed by atoms with E-state index in [1.54, 1.807) is 31.2 Å². The van der Waals surface area contributed by atoms with E-state index in [0.29, 0.717) is 5.02 Å². The van der Waals surface area contributed by atoms with E-state index in [1.165, 1.54) is 6.08 Å². The van der Waals surface area contributed by atoms with Crippen molar-refractivity contribution in [3.63, 3.8) is 0 Å². The van der Waals surface area contributed by atoms with E-state index in [4.69, 9.17) is 16.7 Å². The van der Waals surface area contributed by atoms with Crippen LogP contribution in [0.5, 0.6) is 0 Å². The summed E-state index contributed by atoms with van der Waals surface area (Å²) in [5.41, 5.74) is 0.733. The Hall–Kier alpha value is -0.880. The Morgan fingerprint density at radius 2 is 2.00 bits per heavy atom. The van der Waals surface area contributed by atoms with E-state index in [2.05, 4.69) is 4.72 Å². The molecule has 1 atom stereocenters. The molecule has 0 aromatic heterocycles. The molecule has 0 aliphatic carbocycles. The van der Waals surface area contributed by atoms with E-state index in [-0.39, 0.29) is 6.61 Å². The molecule has 0 heterocycles. The van der Waals surface area contributed by atoms with E-state index < -0.39 is 16.1 Å². The van der Waals surface area contributed by atoms with Crippen molar-refractivity contribution in [2.45, 2.75) is 13.0 Å². The highest BCUT2D eigenvalue weighted by Crippen LogP contribution is 2.11. The summed E-state index contributed by atoms with van der Waals surface area (Å²) in [5, 5.41) is 10.4. The molecule has 0 aliphatic rings. The Balaban J connectivity index is 2.73. The Morgan fingerprint density at radius 1 is 1.41 bits per heavy atom. The summed E-state index contributed by atoms with van der Waals surface area (Å²) < 4.78 is 25.3. The third-order valence-corrected chi connectivity index (χ3v) is 3.43. The molecule has 0 saturated heterocycles. The van der Waals surface area contributed by atoms with Gasteiger partial charge in [0.2, 0.25) is 10.0 Å². The van der Waals surface area contributed by atoms with Crippen molar-refractivity contribution in [1.29, 1.82) is 0 Å². The lowest BCUT2D eigenvalue weighted by Gasteiger charge is -2.07. The molecule has 1 rings (SSSR count). The summed E-state index contributed by atoms with van der Waals surface area (Å²) >= 11 is 5.71. The van der Waals surface area contributed by atoms with Crippen molar-refractivity contribution >= 4 is 27.7 Å². The van der Waals surface area contributed by atoms with Crippen LogP contribution in [0, 0.1) is 0 Å². The second-order valence-electron chi connectivity index (χ2n) is 3.60. The van der Waals surface area contributed by atoms with Crippen LogP contribution >= 0.6 is 11.6 Å². The molecular formula is C11H14ClNO3S. The second kappa shape index (κ2) is 6.16. The number of benzene rings is 1. The topological polar surface area (TPSA) is 66.4 Å².